The van der Waals surface area contributed by atoms with Crippen molar-refractivity contribution in [1.29, 1.82) is 0 Å². The minimum Gasteiger partial charge on any atom is -0.356 e. The van der Waals surface area contributed by atoms with Gasteiger partial charge in [0.05, 0.1) is 5.41 Å². The first kappa shape index (κ1) is 13.1. The summed E-state index contributed by atoms with van der Waals surface area (Å²) in [5.41, 5.74) is 2.14. The number of hydrogen-bond donors (Lipinski definition) is 0. The van der Waals surface area contributed by atoms with Crippen LogP contribution in [-0.4, -0.2) is 29.7 Å². The van der Waals surface area contributed by atoms with Gasteiger partial charge in [0.25, 0.3) is 5.91 Å². The summed E-state index contributed by atoms with van der Waals surface area (Å²) in [6.07, 6.45) is 7.95. The molecule has 0 atom stereocenters. The van der Waals surface area contributed by atoms with E-state index in [0.29, 0.717) is 0 Å². The topological polar surface area (TPSA) is 32.7 Å². The van der Waals surface area contributed by atoms with Gasteiger partial charge in [-0.1, -0.05) is 37.1 Å². The van der Waals surface area contributed by atoms with Gasteiger partial charge in [0, 0.05) is 18.7 Å². The molecular formula is C18H22N2O. The first-order valence-electron chi connectivity index (χ1n) is 8.29. The van der Waals surface area contributed by atoms with Gasteiger partial charge < -0.3 is 4.90 Å². The van der Waals surface area contributed by atoms with Crippen LogP contribution in [0, 0.1) is 0 Å². The highest BCUT2D eigenvalue weighted by molar-refractivity contribution is 6.12. The Balaban J connectivity index is 1.81. The molecule has 2 fully saturated rings. The predicted molar refractivity (Wildman–Crippen MR) is 83.6 cm³/mol. The van der Waals surface area contributed by atoms with Crippen molar-refractivity contribution in [3.8, 4) is 0 Å². The second-order valence-corrected chi connectivity index (χ2v) is 6.62. The van der Waals surface area contributed by atoms with Crippen LogP contribution in [0.2, 0.25) is 0 Å². The molecule has 1 amide bonds. The number of nitrogens with zero attached hydrogens (tertiary/aromatic N) is 2. The summed E-state index contributed by atoms with van der Waals surface area (Å²) in [4.78, 5) is 19.7. The van der Waals surface area contributed by atoms with Gasteiger partial charge in [-0.05, 0) is 37.7 Å². The van der Waals surface area contributed by atoms with Crippen molar-refractivity contribution in [2.75, 3.05) is 13.1 Å². The zero-order valence-electron chi connectivity index (χ0n) is 12.5. The summed E-state index contributed by atoms with van der Waals surface area (Å²) in [5.74, 6) is 1.05. The number of fused-ring (bicyclic) bond motifs is 2. The van der Waals surface area contributed by atoms with E-state index in [9.17, 15) is 4.79 Å². The fourth-order valence-corrected chi connectivity index (χ4v) is 4.28. The number of hydrogen-bond acceptors (Lipinski definition) is 2. The van der Waals surface area contributed by atoms with E-state index in [1.807, 2.05) is 0 Å². The minimum atomic E-state index is -0.310. The van der Waals surface area contributed by atoms with Gasteiger partial charge in [0.1, 0.15) is 5.84 Å². The van der Waals surface area contributed by atoms with Crippen molar-refractivity contribution in [3.63, 3.8) is 0 Å². The fraction of sp³-hybridized carbons (Fsp3) is 0.556. The van der Waals surface area contributed by atoms with E-state index in [4.69, 9.17) is 0 Å². The molecule has 0 N–H and O–H groups in total. The summed E-state index contributed by atoms with van der Waals surface area (Å²) in [7, 11) is 0. The van der Waals surface area contributed by atoms with Gasteiger partial charge in [0.15, 0.2) is 0 Å². The van der Waals surface area contributed by atoms with E-state index in [-0.39, 0.29) is 11.3 Å². The number of rotatable bonds is 0. The van der Waals surface area contributed by atoms with Crippen LogP contribution in [0.5, 0.6) is 0 Å². The smallest absolute Gasteiger partial charge is 0.258 e. The summed E-state index contributed by atoms with van der Waals surface area (Å²) >= 11 is 0. The van der Waals surface area contributed by atoms with Gasteiger partial charge in [-0.15, -0.1) is 0 Å². The summed E-state index contributed by atoms with van der Waals surface area (Å²) in [5, 5.41) is 0. The average molecular weight is 282 g/mol. The van der Waals surface area contributed by atoms with Crippen molar-refractivity contribution in [2.45, 2.75) is 50.4 Å². The Bertz CT molecular complexity index is 593. The molecule has 3 heteroatoms. The molecule has 21 heavy (non-hydrogen) atoms. The monoisotopic (exact) mass is 282 g/mol. The lowest BCUT2D eigenvalue weighted by Gasteiger charge is -2.37. The maximum atomic E-state index is 12.8. The third kappa shape index (κ3) is 1.94. The van der Waals surface area contributed by atoms with Gasteiger partial charge >= 0.3 is 0 Å². The van der Waals surface area contributed by atoms with Crippen LogP contribution in [0.1, 0.15) is 56.1 Å². The Kier molecular flexibility index (Phi) is 3.09. The van der Waals surface area contributed by atoms with Gasteiger partial charge in [-0.2, -0.15) is 4.99 Å². The molecule has 4 rings (SSSR count). The Labute approximate surface area is 126 Å². The maximum absolute atomic E-state index is 12.8. The lowest BCUT2D eigenvalue weighted by molar-refractivity contribution is -0.123. The number of amidine groups is 1. The van der Waals surface area contributed by atoms with E-state index in [1.54, 1.807) is 0 Å². The maximum Gasteiger partial charge on any atom is 0.258 e. The molecule has 0 bridgehead atoms. The van der Waals surface area contributed by atoms with Crippen LogP contribution in [0.3, 0.4) is 0 Å². The van der Waals surface area contributed by atoms with Gasteiger partial charge in [-0.3, -0.25) is 4.79 Å². The van der Waals surface area contributed by atoms with Crippen molar-refractivity contribution in [3.05, 3.63) is 35.4 Å². The third-order valence-electron chi connectivity index (χ3n) is 5.41. The quantitative estimate of drug-likeness (QED) is 0.731. The van der Waals surface area contributed by atoms with Crippen molar-refractivity contribution in [2.24, 2.45) is 4.99 Å². The molecular weight excluding hydrogens is 260 g/mol. The molecule has 0 unspecified atom stereocenters. The van der Waals surface area contributed by atoms with Crippen molar-refractivity contribution >= 4 is 11.7 Å². The summed E-state index contributed by atoms with van der Waals surface area (Å²) < 4.78 is 0. The van der Waals surface area contributed by atoms with E-state index in [0.717, 1.165) is 44.6 Å². The number of amides is 1. The predicted octanol–water partition coefficient (Wildman–Crippen LogP) is 3.27. The van der Waals surface area contributed by atoms with E-state index < -0.39 is 0 Å². The Hall–Kier alpha value is -1.64. The molecule has 2 aliphatic heterocycles. The lowest BCUT2D eigenvalue weighted by atomic mass is 9.74. The van der Waals surface area contributed by atoms with E-state index in [1.165, 1.54) is 30.4 Å². The average Bonchev–Trinajstić information content (AvgIpc) is 3.03. The molecule has 0 aromatic heterocycles. The normalized spacial score (nSPS) is 24.1. The highest BCUT2D eigenvalue weighted by Gasteiger charge is 2.47. The molecule has 3 nitrogen and oxygen atoms in total. The molecule has 0 radical (unpaired) electrons. The summed E-state index contributed by atoms with van der Waals surface area (Å²) in [6.45, 7) is 2.07. The Morgan fingerprint density at radius 1 is 0.952 bits per heavy atom. The third-order valence-corrected chi connectivity index (χ3v) is 5.41. The van der Waals surface area contributed by atoms with E-state index >= 15 is 0 Å². The second kappa shape index (κ2) is 4.97. The highest BCUT2D eigenvalue weighted by Crippen LogP contribution is 2.46. The first-order chi connectivity index (χ1) is 10.3. The largest absolute Gasteiger partial charge is 0.356 e. The highest BCUT2D eigenvalue weighted by atomic mass is 16.1. The summed E-state index contributed by atoms with van der Waals surface area (Å²) in [6, 6.07) is 8.48. The molecule has 1 aliphatic carbocycles. The molecule has 3 aliphatic rings. The zero-order valence-corrected chi connectivity index (χ0v) is 12.5. The number of benzene rings is 1. The molecule has 110 valence electrons. The van der Waals surface area contributed by atoms with Crippen LogP contribution in [-0.2, 0) is 10.2 Å². The number of likely N-dealkylation sites (tertiary alicyclic amines) is 1. The number of carbonyl (C=O) groups is 1. The molecule has 1 aromatic carbocycles. The lowest BCUT2D eigenvalue weighted by Crippen LogP contribution is -2.44. The Morgan fingerprint density at radius 3 is 2.43 bits per heavy atom. The first-order valence-corrected chi connectivity index (χ1v) is 8.29. The van der Waals surface area contributed by atoms with Gasteiger partial charge in [0.2, 0.25) is 0 Å². The standard InChI is InChI=1S/C18H22N2O/c21-17-18(10-4-5-11-18)15-9-3-2-8-14(15)16(19-17)20-12-6-1-7-13-20/h2-3,8-9H,1,4-7,10-13H2. The zero-order chi connectivity index (χ0) is 14.3. The molecule has 1 aromatic rings. The number of piperidine rings is 1. The SMILES string of the molecule is O=C1N=C(N2CCCCC2)c2ccccc2C12CCCC2. The number of carbonyl (C=O) groups excluding carboxylic acids is 1. The molecule has 1 saturated carbocycles. The van der Waals surface area contributed by atoms with Crippen LogP contribution in [0.4, 0.5) is 0 Å². The van der Waals surface area contributed by atoms with Crippen LogP contribution in [0.15, 0.2) is 29.3 Å². The van der Waals surface area contributed by atoms with Crippen molar-refractivity contribution < 1.29 is 4.79 Å². The second-order valence-electron chi connectivity index (χ2n) is 6.62. The fourth-order valence-electron chi connectivity index (χ4n) is 4.28. The van der Waals surface area contributed by atoms with Crippen LogP contribution in [0.25, 0.3) is 0 Å². The number of aliphatic imine (C=N–C) groups is 1. The van der Waals surface area contributed by atoms with Crippen molar-refractivity contribution in [1.82, 2.24) is 4.90 Å². The molecule has 2 heterocycles. The minimum absolute atomic E-state index is 0.110. The Morgan fingerprint density at radius 2 is 1.67 bits per heavy atom. The van der Waals surface area contributed by atoms with E-state index in [2.05, 4.69) is 34.2 Å². The van der Waals surface area contributed by atoms with Gasteiger partial charge in [-0.25, -0.2) is 0 Å². The molecule has 1 spiro atoms. The van der Waals surface area contributed by atoms with Crippen LogP contribution < -0.4 is 0 Å². The molecule has 1 saturated heterocycles. The van der Waals surface area contributed by atoms with Crippen LogP contribution >= 0.6 is 0 Å².